The molecular weight excluding hydrogens is 272 g/mol. The number of ether oxygens (including phenoxy) is 1. The van der Waals surface area contributed by atoms with Gasteiger partial charge in [0.1, 0.15) is 23.1 Å². The first-order valence-corrected chi connectivity index (χ1v) is 7.26. The van der Waals surface area contributed by atoms with Crippen LogP contribution in [0, 0.1) is 6.92 Å². The highest BCUT2D eigenvalue weighted by molar-refractivity contribution is 7.19. The SMILES string of the molecule is Cc1nc(-c2cncnc2)sc1N(C)COC(C)(C)C. The molecule has 2 heterocycles. The first-order chi connectivity index (χ1) is 9.37. The molecule has 0 amide bonds. The second kappa shape index (κ2) is 5.85. The van der Waals surface area contributed by atoms with Crippen LogP contribution >= 0.6 is 11.3 Å². The highest BCUT2D eigenvalue weighted by atomic mass is 32.1. The van der Waals surface area contributed by atoms with Crippen LogP contribution in [0.25, 0.3) is 10.6 Å². The fourth-order valence-electron chi connectivity index (χ4n) is 1.62. The molecule has 0 saturated carbocycles. The Bertz CT molecular complexity index is 562. The van der Waals surface area contributed by atoms with E-state index in [4.69, 9.17) is 4.74 Å². The van der Waals surface area contributed by atoms with Crippen LogP contribution in [0.2, 0.25) is 0 Å². The fraction of sp³-hybridized carbons (Fsp3) is 0.500. The van der Waals surface area contributed by atoms with Gasteiger partial charge in [-0.1, -0.05) is 11.3 Å². The van der Waals surface area contributed by atoms with Gasteiger partial charge in [0.2, 0.25) is 0 Å². The fourth-order valence-corrected chi connectivity index (χ4v) is 2.62. The topological polar surface area (TPSA) is 51.1 Å². The van der Waals surface area contributed by atoms with Crippen molar-refractivity contribution in [3.8, 4) is 10.6 Å². The molecule has 0 aromatic carbocycles. The molecule has 2 aromatic rings. The minimum Gasteiger partial charge on any atom is -0.356 e. The number of aryl methyl sites for hydroxylation is 1. The number of hydrogen-bond donors (Lipinski definition) is 0. The number of anilines is 1. The third-order valence-electron chi connectivity index (χ3n) is 2.62. The Hall–Kier alpha value is -1.53. The molecule has 5 nitrogen and oxygen atoms in total. The Labute approximate surface area is 123 Å². The molecule has 6 heteroatoms. The van der Waals surface area contributed by atoms with Crippen LogP contribution in [-0.2, 0) is 4.74 Å². The molecule has 0 N–H and O–H groups in total. The van der Waals surface area contributed by atoms with E-state index in [-0.39, 0.29) is 5.60 Å². The van der Waals surface area contributed by atoms with Crippen LogP contribution in [0.15, 0.2) is 18.7 Å². The van der Waals surface area contributed by atoms with Gasteiger partial charge in [-0.15, -0.1) is 0 Å². The van der Waals surface area contributed by atoms with Crippen molar-refractivity contribution in [2.75, 3.05) is 18.7 Å². The lowest BCUT2D eigenvalue weighted by molar-refractivity contribution is -0.000517. The Balaban J connectivity index is 2.15. The van der Waals surface area contributed by atoms with Crippen molar-refractivity contribution in [1.29, 1.82) is 0 Å². The largest absolute Gasteiger partial charge is 0.356 e. The maximum absolute atomic E-state index is 5.80. The van der Waals surface area contributed by atoms with E-state index in [0.717, 1.165) is 21.3 Å². The predicted octanol–water partition coefficient (Wildman–Crippen LogP) is 3.12. The Morgan fingerprint density at radius 2 is 1.90 bits per heavy atom. The first kappa shape index (κ1) is 14.9. The van der Waals surface area contributed by atoms with Gasteiger partial charge < -0.3 is 9.64 Å². The van der Waals surface area contributed by atoms with E-state index < -0.39 is 0 Å². The van der Waals surface area contributed by atoms with E-state index in [1.807, 2.05) is 34.7 Å². The molecular formula is C14H20N4OS. The minimum atomic E-state index is -0.150. The van der Waals surface area contributed by atoms with Crippen LogP contribution < -0.4 is 4.90 Å². The van der Waals surface area contributed by atoms with E-state index >= 15 is 0 Å². The number of rotatable bonds is 4. The molecule has 0 aliphatic heterocycles. The second-order valence-corrected chi connectivity index (χ2v) is 6.60. The lowest BCUT2D eigenvalue weighted by atomic mass is 10.2. The lowest BCUT2D eigenvalue weighted by Gasteiger charge is -2.25. The van der Waals surface area contributed by atoms with Gasteiger partial charge in [0.05, 0.1) is 11.3 Å². The van der Waals surface area contributed by atoms with Crippen molar-refractivity contribution in [3.05, 3.63) is 24.4 Å². The van der Waals surface area contributed by atoms with Gasteiger partial charge in [-0.3, -0.25) is 0 Å². The third-order valence-corrected chi connectivity index (χ3v) is 3.94. The van der Waals surface area contributed by atoms with Crippen molar-refractivity contribution >= 4 is 16.3 Å². The quantitative estimate of drug-likeness (QED) is 0.810. The Morgan fingerprint density at radius 3 is 2.50 bits per heavy atom. The van der Waals surface area contributed by atoms with E-state index in [9.17, 15) is 0 Å². The summed E-state index contributed by atoms with van der Waals surface area (Å²) in [5.41, 5.74) is 1.79. The summed E-state index contributed by atoms with van der Waals surface area (Å²) in [4.78, 5) is 14.7. The van der Waals surface area contributed by atoms with Gasteiger partial charge >= 0.3 is 0 Å². The minimum absolute atomic E-state index is 0.150. The number of thiazole rings is 1. The van der Waals surface area contributed by atoms with E-state index in [0.29, 0.717) is 6.73 Å². The molecule has 0 fully saturated rings. The molecule has 0 spiro atoms. The van der Waals surface area contributed by atoms with Crippen molar-refractivity contribution < 1.29 is 4.74 Å². The predicted molar refractivity (Wildman–Crippen MR) is 82.0 cm³/mol. The third kappa shape index (κ3) is 3.74. The van der Waals surface area contributed by atoms with E-state index in [1.54, 1.807) is 23.7 Å². The summed E-state index contributed by atoms with van der Waals surface area (Å²) in [6.45, 7) is 8.69. The molecule has 108 valence electrons. The summed E-state index contributed by atoms with van der Waals surface area (Å²) in [5, 5.41) is 2.04. The molecule has 0 aliphatic rings. The zero-order valence-electron chi connectivity index (χ0n) is 12.5. The highest BCUT2D eigenvalue weighted by Gasteiger charge is 2.16. The number of aromatic nitrogens is 3. The van der Waals surface area contributed by atoms with E-state index in [1.165, 1.54) is 6.33 Å². The maximum atomic E-state index is 5.80. The van der Waals surface area contributed by atoms with E-state index in [2.05, 4.69) is 19.9 Å². The zero-order valence-corrected chi connectivity index (χ0v) is 13.4. The molecule has 0 bridgehead atoms. The van der Waals surface area contributed by atoms with Crippen LogP contribution in [0.5, 0.6) is 0 Å². The second-order valence-electron chi connectivity index (χ2n) is 5.62. The number of nitrogens with zero attached hydrogens (tertiary/aromatic N) is 4. The summed E-state index contributed by atoms with van der Waals surface area (Å²) >= 11 is 1.63. The van der Waals surface area contributed by atoms with Crippen molar-refractivity contribution in [2.45, 2.75) is 33.3 Å². The zero-order chi connectivity index (χ0) is 14.8. The van der Waals surface area contributed by atoms with Crippen LogP contribution in [-0.4, -0.2) is 34.3 Å². The summed E-state index contributed by atoms with van der Waals surface area (Å²) in [6.07, 6.45) is 5.08. The normalized spacial score (nSPS) is 11.7. The molecule has 20 heavy (non-hydrogen) atoms. The Morgan fingerprint density at radius 1 is 1.25 bits per heavy atom. The van der Waals surface area contributed by atoms with Crippen molar-refractivity contribution in [1.82, 2.24) is 15.0 Å². The van der Waals surface area contributed by atoms with Crippen molar-refractivity contribution in [3.63, 3.8) is 0 Å². The average Bonchev–Trinajstić information content (AvgIpc) is 2.78. The number of hydrogen-bond acceptors (Lipinski definition) is 6. The van der Waals surface area contributed by atoms with Crippen LogP contribution in [0.4, 0.5) is 5.00 Å². The monoisotopic (exact) mass is 292 g/mol. The molecule has 2 aromatic heterocycles. The standard InChI is InChI=1S/C14H20N4OS/c1-10-13(18(5)9-19-14(2,3)4)20-12(17-10)11-6-15-8-16-7-11/h6-8H,9H2,1-5H3. The summed E-state index contributed by atoms with van der Waals surface area (Å²) in [7, 11) is 2.01. The molecule has 0 radical (unpaired) electrons. The maximum Gasteiger partial charge on any atom is 0.128 e. The van der Waals surface area contributed by atoms with Gasteiger partial charge in [-0.05, 0) is 27.7 Å². The molecule has 0 aliphatic carbocycles. The molecule has 0 atom stereocenters. The van der Waals surface area contributed by atoms with Crippen LogP contribution in [0.1, 0.15) is 26.5 Å². The van der Waals surface area contributed by atoms with Gasteiger partial charge in [-0.2, -0.15) is 0 Å². The first-order valence-electron chi connectivity index (χ1n) is 6.45. The summed E-state index contributed by atoms with van der Waals surface area (Å²) in [5.74, 6) is 0. The van der Waals surface area contributed by atoms with Gasteiger partial charge in [0, 0.05) is 25.0 Å². The van der Waals surface area contributed by atoms with Gasteiger partial charge in [0.25, 0.3) is 0 Å². The Kier molecular flexibility index (Phi) is 4.35. The molecule has 0 unspecified atom stereocenters. The summed E-state index contributed by atoms with van der Waals surface area (Å²) in [6, 6.07) is 0. The highest BCUT2D eigenvalue weighted by Crippen LogP contribution is 2.33. The van der Waals surface area contributed by atoms with Gasteiger partial charge in [-0.25, -0.2) is 15.0 Å². The van der Waals surface area contributed by atoms with Crippen molar-refractivity contribution in [2.24, 2.45) is 0 Å². The summed E-state index contributed by atoms with van der Waals surface area (Å²) < 4.78 is 5.80. The molecule has 0 saturated heterocycles. The van der Waals surface area contributed by atoms with Gasteiger partial charge in [0.15, 0.2) is 0 Å². The molecule has 2 rings (SSSR count). The smallest absolute Gasteiger partial charge is 0.128 e. The van der Waals surface area contributed by atoms with Crippen LogP contribution in [0.3, 0.4) is 0 Å². The lowest BCUT2D eigenvalue weighted by Crippen LogP contribution is -2.29. The average molecular weight is 292 g/mol.